The van der Waals surface area contributed by atoms with Crippen molar-refractivity contribution in [3.63, 3.8) is 0 Å². The second-order valence-electron chi connectivity index (χ2n) is 14.0. The molecule has 0 saturated carbocycles. The second kappa shape index (κ2) is 13.0. The normalized spacial score (nSPS) is 11.6. The van der Waals surface area contributed by atoms with E-state index in [2.05, 4.69) is 109 Å². The number of fused-ring (bicyclic) bond motifs is 6. The molecule has 0 atom stereocenters. The number of rotatable bonds is 6. The van der Waals surface area contributed by atoms with Crippen molar-refractivity contribution in [3.8, 4) is 67.5 Å². The van der Waals surface area contributed by atoms with Crippen LogP contribution in [0, 0.1) is 0 Å². The molecule has 5 nitrogen and oxygen atoms in total. The Balaban J connectivity index is 0.996. The molecule has 0 aliphatic rings. The fourth-order valence-electron chi connectivity index (χ4n) is 7.84. The molecule has 11 aromatic rings. The molecule has 0 aliphatic heterocycles. The molecule has 11 rings (SSSR count). The highest BCUT2D eigenvalue weighted by Gasteiger charge is 2.19. The lowest BCUT2D eigenvalue weighted by Gasteiger charge is -2.09. The van der Waals surface area contributed by atoms with Gasteiger partial charge in [0.1, 0.15) is 22.3 Å². The molecule has 56 heavy (non-hydrogen) atoms. The van der Waals surface area contributed by atoms with E-state index in [0.29, 0.717) is 17.5 Å². The molecule has 0 radical (unpaired) electrons. The molecular weight excluding hydrogens is 687 g/mol. The number of furan rings is 2. The van der Waals surface area contributed by atoms with E-state index in [1.807, 2.05) is 78.9 Å². The molecule has 8 aromatic carbocycles. The summed E-state index contributed by atoms with van der Waals surface area (Å²) in [6, 6.07) is 64.6. The van der Waals surface area contributed by atoms with Crippen molar-refractivity contribution in [1.82, 2.24) is 15.0 Å². The van der Waals surface area contributed by atoms with Crippen LogP contribution >= 0.6 is 0 Å². The lowest BCUT2D eigenvalue weighted by atomic mass is 9.95. The first-order valence-electron chi connectivity index (χ1n) is 18.7. The summed E-state index contributed by atoms with van der Waals surface area (Å²) in [5, 5.41) is 4.21. The highest BCUT2D eigenvalue weighted by molar-refractivity contribution is 6.14. The van der Waals surface area contributed by atoms with Crippen LogP contribution in [-0.4, -0.2) is 15.0 Å². The zero-order valence-electron chi connectivity index (χ0n) is 30.1. The summed E-state index contributed by atoms with van der Waals surface area (Å²) in [4.78, 5) is 15.0. The van der Waals surface area contributed by atoms with Crippen LogP contribution in [0.2, 0.25) is 0 Å². The van der Waals surface area contributed by atoms with Crippen LogP contribution in [0.25, 0.3) is 111 Å². The lowest BCUT2D eigenvalue weighted by molar-refractivity contribution is 0.668. The monoisotopic (exact) mass is 717 g/mol. The largest absolute Gasteiger partial charge is 0.456 e. The van der Waals surface area contributed by atoms with E-state index < -0.39 is 0 Å². The first kappa shape index (κ1) is 31.9. The van der Waals surface area contributed by atoms with Crippen molar-refractivity contribution in [3.05, 3.63) is 188 Å². The maximum Gasteiger partial charge on any atom is 0.164 e. The Morgan fingerprint density at radius 1 is 0.268 bits per heavy atom. The van der Waals surface area contributed by atoms with Crippen LogP contribution in [-0.2, 0) is 0 Å². The molecule has 0 bridgehead atoms. The smallest absolute Gasteiger partial charge is 0.164 e. The number of hydrogen-bond acceptors (Lipinski definition) is 5. The zero-order chi connectivity index (χ0) is 37.0. The lowest BCUT2D eigenvalue weighted by Crippen LogP contribution is -2.00. The summed E-state index contributed by atoms with van der Waals surface area (Å²) in [7, 11) is 0. The van der Waals surface area contributed by atoms with E-state index >= 15 is 0 Å². The van der Waals surface area contributed by atoms with Crippen molar-refractivity contribution < 1.29 is 8.83 Å². The van der Waals surface area contributed by atoms with Crippen LogP contribution in [0.3, 0.4) is 0 Å². The quantitative estimate of drug-likeness (QED) is 0.171. The average Bonchev–Trinajstić information content (AvgIpc) is 3.85. The molecule has 3 heterocycles. The summed E-state index contributed by atoms with van der Waals surface area (Å²) < 4.78 is 12.8. The third-order valence-electron chi connectivity index (χ3n) is 10.6. The van der Waals surface area contributed by atoms with Gasteiger partial charge in [-0.2, -0.15) is 0 Å². The standard InChI is InChI=1S/C51H31N3O2/c1-4-12-32(13-5-1)38-26-28-40-46(31-38)56-44-20-10-18-39(47(40)44)34-24-22-33(23-25-34)37-27-29-43-42(30-37)48-41(19-11-21-45(48)55-43)51-53-49(35-14-6-2-7-15-35)52-50(54-51)36-16-8-3-9-17-36/h1-31H. The van der Waals surface area contributed by atoms with Crippen LogP contribution in [0.5, 0.6) is 0 Å². The topological polar surface area (TPSA) is 65.0 Å². The van der Waals surface area contributed by atoms with E-state index in [-0.39, 0.29) is 0 Å². The Labute approximate surface area is 322 Å². The van der Waals surface area contributed by atoms with E-state index in [1.54, 1.807) is 0 Å². The number of hydrogen-bond donors (Lipinski definition) is 0. The van der Waals surface area contributed by atoms with Gasteiger partial charge in [0, 0.05) is 38.2 Å². The third-order valence-corrected chi connectivity index (χ3v) is 10.6. The van der Waals surface area contributed by atoms with Gasteiger partial charge in [0.2, 0.25) is 0 Å². The highest BCUT2D eigenvalue weighted by Crippen LogP contribution is 2.41. The van der Waals surface area contributed by atoms with E-state index in [4.69, 9.17) is 23.8 Å². The molecule has 262 valence electrons. The van der Waals surface area contributed by atoms with Gasteiger partial charge in [-0.15, -0.1) is 0 Å². The fraction of sp³-hybridized carbons (Fsp3) is 0. The predicted octanol–water partition coefficient (Wildman–Crippen LogP) is 13.7. The Kier molecular flexibility index (Phi) is 7.42. The summed E-state index contributed by atoms with van der Waals surface area (Å²) in [6.07, 6.45) is 0. The minimum Gasteiger partial charge on any atom is -0.456 e. The molecule has 0 saturated heterocycles. The molecule has 3 aromatic heterocycles. The molecule has 0 fully saturated rings. The summed E-state index contributed by atoms with van der Waals surface area (Å²) in [6.45, 7) is 0. The van der Waals surface area contributed by atoms with Gasteiger partial charge in [-0.05, 0) is 69.8 Å². The van der Waals surface area contributed by atoms with Gasteiger partial charge in [0.25, 0.3) is 0 Å². The maximum atomic E-state index is 6.43. The first-order chi connectivity index (χ1) is 27.7. The second-order valence-corrected chi connectivity index (χ2v) is 14.0. The molecular formula is C51H31N3O2. The average molecular weight is 718 g/mol. The van der Waals surface area contributed by atoms with Gasteiger partial charge in [-0.3, -0.25) is 0 Å². The third kappa shape index (κ3) is 5.45. The van der Waals surface area contributed by atoms with Crippen molar-refractivity contribution in [2.45, 2.75) is 0 Å². The van der Waals surface area contributed by atoms with Crippen molar-refractivity contribution >= 4 is 43.9 Å². The van der Waals surface area contributed by atoms with Gasteiger partial charge >= 0.3 is 0 Å². The Morgan fingerprint density at radius 2 is 0.750 bits per heavy atom. The molecule has 0 N–H and O–H groups in total. The zero-order valence-corrected chi connectivity index (χ0v) is 30.1. The summed E-state index contributed by atoms with van der Waals surface area (Å²) >= 11 is 0. The summed E-state index contributed by atoms with van der Waals surface area (Å²) in [5.41, 5.74) is 12.9. The van der Waals surface area contributed by atoms with Crippen molar-refractivity contribution in [2.75, 3.05) is 0 Å². The Morgan fingerprint density at radius 3 is 1.41 bits per heavy atom. The SMILES string of the molecule is c1ccc(-c2ccc3c(c2)oc2cccc(-c4ccc(-c5ccc6oc7cccc(-c8nc(-c9ccccc9)nc(-c9ccccc9)n8)c7c6c5)cc4)c23)cc1. The maximum absolute atomic E-state index is 6.43. The van der Waals surface area contributed by atoms with E-state index in [1.165, 1.54) is 5.56 Å². The van der Waals surface area contributed by atoms with Gasteiger partial charge < -0.3 is 8.83 Å². The van der Waals surface area contributed by atoms with Crippen LogP contribution < -0.4 is 0 Å². The molecule has 5 heteroatoms. The van der Waals surface area contributed by atoms with Crippen LogP contribution in [0.1, 0.15) is 0 Å². The van der Waals surface area contributed by atoms with Gasteiger partial charge in [0.05, 0.1) is 0 Å². The fourth-order valence-corrected chi connectivity index (χ4v) is 7.84. The summed E-state index contributed by atoms with van der Waals surface area (Å²) in [5.74, 6) is 1.84. The van der Waals surface area contributed by atoms with Crippen molar-refractivity contribution in [2.24, 2.45) is 0 Å². The molecule has 0 spiro atoms. The van der Waals surface area contributed by atoms with Crippen LogP contribution in [0.15, 0.2) is 197 Å². The number of aromatic nitrogens is 3. The predicted molar refractivity (Wildman–Crippen MR) is 227 cm³/mol. The van der Waals surface area contributed by atoms with Gasteiger partial charge in [-0.1, -0.05) is 152 Å². The molecule has 0 amide bonds. The molecule has 0 unspecified atom stereocenters. The minimum absolute atomic E-state index is 0.595. The first-order valence-corrected chi connectivity index (χ1v) is 18.7. The van der Waals surface area contributed by atoms with E-state index in [9.17, 15) is 0 Å². The number of nitrogens with zero attached hydrogens (tertiary/aromatic N) is 3. The van der Waals surface area contributed by atoms with Crippen LogP contribution in [0.4, 0.5) is 0 Å². The van der Waals surface area contributed by atoms with Crippen molar-refractivity contribution in [1.29, 1.82) is 0 Å². The minimum atomic E-state index is 0.595. The Bertz CT molecular complexity index is 3170. The van der Waals surface area contributed by atoms with Gasteiger partial charge in [0.15, 0.2) is 17.5 Å². The Hall–Kier alpha value is -7.63. The van der Waals surface area contributed by atoms with Gasteiger partial charge in [-0.25, -0.2) is 15.0 Å². The molecule has 0 aliphatic carbocycles. The highest BCUT2D eigenvalue weighted by atomic mass is 16.3. The van der Waals surface area contributed by atoms with E-state index in [0.717, 1.165) is 88.4 Å². The number of benzene rings is 8.